The maximum atomic E-state index is 13.5. The number of hydrogen-bond acceptors (Lipinski definition) is 3. The Kier molecular flexibility index (Phi) is 4.45. The van der Waals surface area contributed by atoms with E-state index in [1.165, 1.54) is 20.8 Å². The van der Waals surface area contributed by atoms with Gasteiger partial charge in [-0.25, -0.2) is 27.2 Å². The van der Waals surface area contributed by atoms with Crippen LogP contribution in [0, 0.1) is 23.3 Å². The molecule has 0 atom stereocenters. The van der Waals surface area contributed by atoms with E-state index in [0.29, 0.717) is 0 Å². The van der Waals surface area contributed by atoms with Crippen LogP contribution in [0.3, 0.4) is 0 Å². The largest absolute Gasteiger partial charge is 0.478 e. The third kappa shape index (κ3) is 3.61. The van der Waals surface area contributed by atoms with Gasteiger partial charge >= 0.3 is 12.1 Å². The van der Waals surface area contributed by atoms with Crippen LogP contribution >= 0.6 is 0 Å². The number of carboxylic acids is 1. The van der Waals surface area contributed by atoms with Crippen LogP contribution in [0.15, 0.2) is 0 Å². The second-order valence-corrected chi connectivity index (χ2v) is 4.94. The molecule has 1 aromatic carbocycles. The van der Waals surface area contributed by atoms with Crippen LogP contribution in [-0.2, 0) is 4.74 Å². The number of aromatic carboxylic acids is 1. The van der Waals surface area contributed by atoms with Gasteiger partial charge < -0.3 is 9.84 Å². The van der Waals surface area contributed by atoms with Crippen molar-refractivity contribution in [2.24, 2.45) is 0 Å². The second-order valence-electron chi connectivity index (χ2n) is 4.94. The van der Waals surface area contributed by atoms with Gasteiger partial charge in [-0.3, -0.25) is 5.32 Å². The summed E-state index contributed by atoms with van der Waals surface area (Å²) in [6.45, 7) is 4.35. The van der Waals surface area contributed by atoms with E-state index in [1.54, 1.807) is 5.32 Å². The fraction of sp³-hybridized carbons (Fsp3) is 0.333. The average molecular weight is 309 g/mol. The van der Waals surface area contributed by atoms with Crippen LogP contribution in [0.1, 0.15) is 31.1 Å². The van der Waals surface area contributed by atoms with Crippen molar-refractivity contribution in [1.29, 1.82) is 0 Å². The molecule has 0 aliphatic rings. The van der Waals surface area contributed by atoms with Crippen LogP contribution in [0.5, 0.6) is 0 Å². The molecule has 0 unspecified atom stereocenters. The van der Waals surface area contributed by atoms with E-state index in [1.807, 2.05) is 0 Å². The third-order valence-electron chi connectivity index (χ3n) is 2.11. The lowest BCUT2D eigenvalue weighted by Crippen LogP contribution is -2.28. The van der Waals surface area contributed by atoms with Gasteiger partial charge in [-0.15, -0.1) is 0 Å². The predicted molar refractivity (Wildman–Crippen MR) is 63.1 cm³/mol. The Morgan fingerprint density at radius 3 is 1.90 bits per heavy atom. The number of halogens is 4. The Labute approximate surface area is 116 Å². The van der Waals surface area contributed by atoms with Crippen LogP contribution in [0.2, 0.25) is 0 Å². The van der Waals surface area contributed by atoms with Crippen molar-refractivity contribution in [1.82, 2.24) is 0 Å². The fourth-order valence-electron chi connectivity index (χ4n) is 1.36. The molecule has 0 fully saturated rings. The molecule has 1 aromatic rings. The monoisotopic (exact) mass is 309 g/mol. The summed E-state index contributed by atoms with van der Waals surface area (Å²) in [4.78, 5) is 22.3. The summed E-state index contributed by atoms with van der Waals surface area (Å²) in [5.41, 5.74) is -3.92. The lowest BCUT2D eigenvalue weighted by Gasteiger charge is -2.20. The molecule has 0 spiro atoms. The molecule has 1 rings (SSSR count). The molecular formula is C12H11F4NO4. The number of anilines is 1. The van der Waals surface area contributed by atoms with Gasteiger partial charge in [0.1, 0.15) is 16.9 Å². The summed E-state index contributed by atoms with van der Waals surface area (Å²) in [6.07, 6.45) is -1.35. The molecule has 0 bridgehead atoms. The van der Waals surface area contributed by atoms with Crippen molar-refractivity contribution in [3.8, 4) is 0 Å². The van der Waals surface area contributed by atoms with Crippen molar-refractivity contribution >= 4 is 17.7 Å². The van der Waals surface area contributed by atoms with Crippen molar-refractivity contribution in [3.63, 3.8) is 0 Å². The summed E-state index contributed by atoms with van der Waals surface area (Å²) >= 11 is 0. The molecule has 21 heavy (non-hydrogen) atoms. The lowest BCUT2D eigenvalue weighted by molar-refractivity contribution is 0.0635. The SMILES string of the molecule is CC(C)(C)OC(=O)Nc1c(F)c(F)c(F)c(F)c1C(=O)O. The normalized spacial score (nSPS) is 11.2. The third-order valence-corrected chi connectivity index (χ3v) is 2.11. The van der Waals surface area contributed by atoms with Crippen molar-refractivity contribution in [2.75, 3.05) is 5.32 Å². The Balaban J connectivity index is 3.35. The molecule has 2 N–H and O–H groups in total. The quantitative estimate of drug-likeness (QED) is 0.499. The van der Waals surface area contributed by atoms with Crippen LogP contribution in [-0.4, -0.2) is 22.8 Å². The maximum absolute atomic E-state index is 13.5. The van der Waals surface area contributed by atoms with E-state index in [9.17, 15) is 27.2 Å². The zero-order valence-electron chi connectivity index (χ0n) is 11.2. The van der Waals surface area contributed by atoms with E-state index in [0.717, 1.165) is 0 Å². The van der Waals surface area contributed by atoms with Crippen molar-refractivity contribution in [3.05, 3.63) is 28.8 Å². The minimum Gasteiger partial charge on any atom is -0.478 e. The van der Waals surface area contributed by atoms with E-state index >= 15 is 0 Å². The Morgan fingerprint density at radius 2 is 1.48 bits per heavy atom. The molecule has 5 nitrogen and oxygen atoms in total. The first-order valence-corrected chi connectivity index (χ1v) is 5.55. The highest BCUT2D eigenvalue weighted by Gasteiger charge is 2.31. The molecule has 0 heterocycles. The highest BCUT2D eigenvalue weighted by molar-refractivity contribution is 5.99. The lowest BCUT2D eigenvalue weighted by atomic mass is 10.1. The number of nitrogens with one attached hydrogen (secondary N) is 1. The van der Waals surface area contributed by atoms with Crippen molar-refractivity contribution in [2.45, 2.75) is 26.4 Å². The first-order chi connectivity index (χ1) is 9.45. The van der Waals surface area contributed by atoms with Crippen LogP contribution in [0.4, 0.5) is 28.0 Å². The van der Waals surface area contributed by atoms with Gasteiger partial charge in [0.2, 0.25) is 0 Å². The van der Waals surface area contributed by atoms with E-state index in [2.05, 4.69) is 0 Å². The fourth-order valence-corrected chi connectivity index (χ4v) is 1.36. The smallest absolute Gasteiger partial charge is 0.412 e. The number of carbonyl (C=O) groups excluding carboxylic acids is 1. The Morgan fingerprint density at radius 1 is 1.00 bits per heavy atom. The first kappa shape index (κ1) is 16.7. The zero-order valence-corrected chi connectivity index (χ0v) is 11.2. The molecule has 0 saturated heterocycles. The number of ether oxygens (including phenoxy) is 1. The number of carboxylic acid groups (broad SMARTS) is 1. The van der Waals surface area contributed by atoms with E-state index < -0.39 is 52.2 Å². The maximum Gasteiger partial charge on any atom is 0.412 e. The summed E-state index contributed by atoms with van der Waals surface area (Å²) < 4.78 is 57.7. The predicted octanol–water partition coefficient (Wildman–Crippen LogP) is 3.29. The first-order valence-electron chi connectivity index (χ1n) is 5.55. The summed E-state index contributed by atoms with van der Waals surface area (Å²) in [7, 11) is 0. The zero-order chi connectivity index (χ0) is 16.5. The second kappa shape index (κ2) is 5.58. The van der Waals surface area contributed by atoms with Gasteiger partial charge in [0, 0.05) is 0 Å². The van der Waals surface area contributed by atoms with Gasteiger partial charge in [-0.05, 0) is 20.8 Å². The molecule has 9 heteroatoms. The molecule has 116 valence electrons. The van der Waals surface area contributed by atoms with Gasteiger partial charge in [-0.1, -0.05) is 0 Å². The number of carbonyl (C=O) groups is 2. The Hall–Kier alpha value is -2.32. The van der Waals surface area contributed by atoms with Crippen LogP contribution in [0.25, 0.3) is 0 Å². The summed E-state index contributed by atoms with van der Waals surface area (Å²) in [5.74, 6) is -10.8. The average Bonchev–Trinajstić information content (AvgIpc) is 2.30. The minimum absolute atomic E-state index is 1.03. The van der Waals surface area contributed by atoms with Gasteiger partial charge in [0.15, 0.2) is 23.3 Å². The molecule has 0 aliphatic heterocycles. The van der Waals surface area contributed by atoms with Crippen molar-refractivity contribution < 1.29 is 37.0 Å². The molecule has 1 amide bonds. The standard InChI is InChI=1S/C12H11F4NO4/c1-12(2,3)21-11(20)17-9-4(10(18)19)5(13)6(14)7(15)8(9)16/h1-3H3,(H,17,20)(H,18,19). The molecular weight excluding hydrogens is 298 g/mol. The minimum atomic E-state index is -2.29. The highest BCUT2D eigenvalue weighted by atomic mass is 19.2. The van der Waals surface area contributed by atoms with Gasteiger partial charge in [-0.2, -0.15) is 0 Å². The molecule has 0 saturated carbocycles. The number of hydrogen-bond donors (Lipinski definition) is 2. The molecule has 0 radical (unpaired) electrons. The van der Waals surface area contributed by atoms with Gasteiger partial charge in [0.05, 0.1) is 0 Å². The van der Waals surface area contributed by atoms with E-state index in [-0.39, 0.29) is 0 Å². The van der Waals surface area contributed by atoms with Gasteiger partial charge in [0.25, 0.3) is 0 Å². The number of benzene rings is 1. The number of amides is 1. The Bertz CT molecular complexity index is 611. The van der Waals surface area contributed by atoms with Crippen LogP contribution < -0.4 is 5.32 Å². The topological polar surface area (TPSA) is 75.6 Å². The summed E-state index contributed by atoms with van der Waals surface area (Å²) in [6, 6.07) is 0. The summed E-state index contributed by atoms with van der Waals surface area (Å²) in [5, 5.41) is 10.3. The van der Waals surface area contributed by atoms with E-state index in [4.69, 9.17) is 9.84 Å². The number of rotatable bonds is 2. The molecule has 0 aromatic heterocycles. The highest BCUT2D eigenvalue weighted by Crippen LogP contribution is 2.29. The molecule has 0 aliphatic carbocycles.